The molecule has 2 saturated heterocycles. The van der Waals surface area contributed by atoms with Gasteiger partial charge in [0.15, 0.2) is 23.0 Å². The van der Waals surface area contributed by atoms with Crippen LogP contribution in [0.25, 0.3) is 0 Å². The van der Waals surface area contributed by atoms with Crippen LogP contribution in [0, 0.1) is 11.8 Å². The molecule has 3 aliphatic rings. The molecule has 42 heavy (non-hydrogen) atoms. The van der Waals surface area contributed by atoms with Gasteiger partial charge in [0, 0.05) is 23.8 Å². The smallest absolute Gasteiger partial charge is 0.250 e. The Morgan fingerprint density at radius 1 is 0.857 bits per heavy atom. The lowest BCUT2D eigenvalue weighted by molar-refractivity contribution is -0.142. The number of fused-ring (bicyclic) bond motifs is 4. The maximum absolute atomic E-state index is 14.2. The van der Waals surface area contributed by atoms with Gasteiger partial charge in [0.2, 0.25) is 17.7 Å². The zero-order valence-electron chi connectivity index (χ0n) is 23.6. The van der Waals surface area contributed by atoms with Crippen molar-refractivity contribution in [3.05, 3.63) is 76.9 Å². The van der Waals surface area contributed by atoms with Gasteiger partial charge in [0.1, 0.15) is 5.54 Å². The van der Waals surface area contributed by atoms with Crippen molar-refractivity contribution in [1.29, 1.82) is 0 Å². The Kier molecular flexibility index (Phi) is 6.81. The standard InChI is InChI=1S/C32H33N3O7/c1-4-17-5-8-21-20(13-17)32(31(40)33-21)28-27(22(34-32)14-19-6-9-23(36)24(37)15-19)29(38)35(30(28)39)12-11-18-7-10-25(41-2)26(16-18)42-3/h5-10,13,15-16,22,27-28,34,36-37H,4,11-12,14H2,1-3H3,(H,33,40)/t22-,27+,28+,32-/m0/s1. The van der Waals surface area contributed by atoms with Crippen LogP contribution in [0.5, 0.6) is 23.0 Å². The van der Waals surface area contributed by atoms with Gasteiger partial charge in [-0.1, -0.05) is 31.2 Å². The first-order valence-corrected chi connectivity index (χ1v) is 14.0. The first-order valence-electron chi connectivity index (χ1n) is 14.0. The number of ether oxygens (including phenoxy) is 2. The molecule has 10 heteroatoms. The van der Waals surface area contributed by atoms with Gasteiger partial charge < -0.3 is 25.0 Å². The molecule has 3 amide bonds. The summed E-state index contributed by atoms with van der Waals surface area (Å²) in [7, 11) is 3.10. The second-order valence-electron chi connectivity index (χ2n) is 11.0. The van der Waals surface area contributed by atoms with Crippen LogP contribution in [0.15, 0.2) is 54.6 Å². The molecule has 3 aliphatic heterocycles. The zero-order chi connectivity index (χ0) is 29.8. The lowest BCUT2D eigenvalue weighted by Crippen LogP contribution is -2.53. The van der Waals surface area contributed by atoms with Gasteiger partial charge in [0.25, 0.3) is 0 Å². The molecule has 0 radical (unpaired) electrons. The molecule has 218 valence electrons. The third kappa shape index (κ3) is 4.16. The summed E-state index contributed by atoms with van der Waals surface area (Å²) < 4.78 is 10.7. The number of phenols is 2. The molecule has 10 nitrogen and oxygen atoms in total. The van der Waals surface area contributed by atoms with Crippen molar-refractivity contribution in [2.75, 3.05) is 26.1 Å². The van der Waals surface area contributed by atoms with Crippen LogP contribution in [0.1, 0.15) is 29.2 Å². The second kappa shape index (κ2) is 10.4. The number of rotatable bonds is 8. The summed E-state index contributed by atoms with van der Waals surface area (Å²) in [6.07, 6.45) is 1.40. The molecule has 4 N–H and O–H groups in total. The number of phenolic OH excluding ortho intramolecular Hbond substituents is 2. The van der Waals surface area contributed by atoms with E-state index in [0.29, 0.717) is 34.7 Å². The van der Waals surface area contributed by atoms with Gasteiger partial charge in [0.05, 0.1) is 26.1 Å². The topological polar surface area (TPSA) is 137 Å². The molecule has 6 rings (SSSR count). The number of carbonyl (C=O) groups is 3. The van der Waals surface area contributed by atoms with Gasteiger partial charge in [-0.2, -0.15) is 0 Å². The number of methoxy groups -OCH3 is 2. The number of nitrogens with one attached hydrogen (secondary N) is 2. The molecule has 0 aromatic heterocycles. The zero-order valence-corrected chi connectivity index (χ0v) is 23.6. The summed E-state index contributed by atoms with van der Waals surface area (Å²) in [5.41, 5.74) is 2.40. The monoisotopic (exact) mass is 571 g/mol. The average Bonchev–Trinajstić information content (AvgIpc) is 3.57. The van der Waals surface area contributed by atoms with Crippen LogP contribution in [-0.2, 0) is 39.2 Å². The normalized spacial score (nSPS) is 24.2. The van der Waals surface area contributed by atoms with Crippen molar-refractivity contribution in [2.24, 2.45) is 11.8 Å². The fourth-order valence-electron chi connectivity index (χ4n) is 6.75. The van der Waals surface area contributed by atoms with E-state index < -0.39 is 23.4 Å². The predicted molar refractivity (Wildman–Crippen MR) is 153 cm³/mol. The lowest BCUT2D eigenvalue weighted by atomic mass is 9.76. The minimum atomic E-state index is -1.42. The summed E-state index contributed by atoms with van der Waals surface area (Å²) in [6.45, 7) is 2.16. The largest absolute Gasteiger partial charge is 0.504 e. The Labute approximate surface area is 243 Å². The SMILES string of the molecule is CCc1ccc2c(c1)[C@@]1(N[C@@H](Cc3ccc(O)c(O)c3)[C@H]3C(=O)N(CCc4ccc(OC)c(OC)c4)C(=O)[C@@H]31)C(=O)N2. The molecule has 4 atom stereocenters. The number of imide groups is 1. The van der Waals surface area contributed by atoms with Crippen molar-refractivity contribution in [3.63, 3.8) is 0 Å². The number of benzene rings is 3. The van der Waals surface area contributed by atoms with E-state index in [4.69, 9.17) is 9.47 Å². The first kappa shape index (κ1) is 27.6. The number of aryl methyl sites for hydroxylation is 1. The Balaban J connectivity index is 1.37. The molecule has 3 aromatic carbocycles. The maximum atomic E-state index is 14.2. The van der Waals surface area contributed by atoms with Crippen LogP contribution >= 0.6 is 0 Å². The van der Waals surface area contributed by atoms with Crippen LogP contribution in [0.2, 0.25) is 0 Å². The van der Waals surface area contributed by atoms with E-state index >= 15 is 0 Å². The number of hydrogen-bond donors (Lipinski definition) is 4. The Morgan fingerprint density at radius 3 is 2.31 bits per heavy atom. The lowest BCUT2D eigenvalue weighted by Gasteiger charge is -2.30. The van der Waals surface area contributed by atoms with Crippen molar-refractivity contribution in [1.82, 2.24) is 10.2 Å². The van der Waals surface area contributed by atoms with E-state index in [1.807, 2.05) is 37.3 Å². The maximum Gasteiger partial charge on any atom is 0.250 e. The Morgan fingerprint density at radius 2 is 1.60 bits per heavy atom. The second-order valence-corrected chi connectivity index (χ2v) is 11.0. The third-order valence-corrected chi connectivity index (χ3v) is 8.85. The number of anilines is 1. The minimum absolute atomic E-state index is 0.145. The molecular weight excluding hydrogens is 538 g/mol. The molecule has 0 saturated carbocycles. The van der Waals surface area contributed by atoms with E-state index in [1.165, 1.54) is 17.0 Å². The van der Waals surface area contributed by atoms with Crippen LogP contribution in [0.4, 0.5) is 5.69 Å². The van der Waals surface area contributed by atoms with Gasteiger partial charge in [-0.15, -0.1) is 0 Å². The van der Waals surface area contributed by atoms with Crippen LogP contribution in [-0.4, -0.2) is 59.6 Å². The molecule has 3 heterocycles. The highest BCUT2D eigenvalue weighted by atomic mass is 16.5. The minimum Gasteiger partial charge on any atom is -0.504 e. The van der Waals surface area contributed by atoms with E-state index in [0.717, 1.165) is 17.5 Å². The highest BCUT2D eigenvalue weighted by Crippen LogP contribution is 2.53. The summed E-state index contributed by atoms with van der Waals surface area (Å²) in [6, 6.07) is 15.1. The predicted octanol–water partition coefficient (Wildman–Crippen LogP) is 2.88. The Bertz CT molecular complexity index is 1600. The molecule has 2 fully saturated rings. The summed E-state index contributed by atoms with van der Waals surface area (Å²) in [5.74, 6) is -2.24. The summed E-state index contributed by atoms with van der Waals surface area (Å²) in [5, 5.41) is 26.3. The molecule has 3 aromatic rings. The van der Waals surface area contributed by atoms with Gasteiger partial charge in [-0.25, -0.2) is 0 Å². The number of carbonyl (C=O) groups excluding carboxylic acids is 3. The van der Waals surface area contributed by atoms with E-state index in [9.17, 15) is 24.6 Å². The third-order valence-electron chi connectivity index (χ3n) is 8.85. The van der Waals surface area contributed by atoms with E-state index in [1.54, 1.807) is 26.4 Å². The first-order chi connectivity index (χ1) is 20.2. The van der Waals surface area contributed by atoms with Crippen LogP contribution < -0.4 is 20.1 Å². The van der Waals surface area contributed by atoms with Gasteiger partial charge in [-0.3, -0.25) is 24.6 Å². The molecule has 0 bridgehead atoms. The quantitative estimate of drug-likeness (QED) is 0.239. The van der Waals surface area contributed by atoms with Crippen molar-refractivity contribution >= 4 is 23.4 Å². The number of aromatic hydroxyl groups is 2. The fourth-order valence-corrected chi connectivity index (χ4v) is 6.75. The molecular formula is C32H33N3O7. The van der Waals surface area contributed by atoms with Crippen LogP contribution in [0.3, 0.4) is 0 Å². The molecule has 1 spiro atoms. The van der Waals surface area contributed by atoms with Crippen molar-refractivity contribution < 1.29 is 34.1 Å². The molecule has 0 unspecified atom stereocenters. The number of likely N-dealkylation sites (tertiary alicyclic amines) is 1. The summed E-state index contributed by atoms with van der Waals surface area (Å²) >= 11 is 0. The fraction of sp³-hybridized carbons (Fsp3) is 0.344. The number of nitrogens with zero attached hydrogens (tertiary/aromatic N) is 1. The highest BCUT2D eigenvalue weighted by Gasteiger charge is 2.70. The van der Waals surface area contributed by atoms with Gasteiger partial charge >= 0.3 is 0 Å². The highest BCUT2D eigenvalue weighted by molar-refractivity contribution is 6.15. The van der Waals surface area contributed by atoms with Crippen molar-refractivity contribution in [3.8, 4) is 23.0 Å². The average molecular weight is 572 g/mol. The number of hydrogen-bond acceptors (Lipinski definition) is 8. The number of amides is 3. The molecule has 0 aliphatic carbocycles. The van der Waals surface area contributed by atoms with E-state index in [-0.39, 0.29) is 42.2 Å². The van der Waals surface area contributed by atoms with Crippen molar-refractivity contribution in [2.45, 2.75) is 37.8 Å². The summed E-state index contributed by atoms with van der Waals surface area (Å²) in [4.78, 5) is 43.3. The Hall–Kier alpha value is -4.57. The van der Waals surface area contributed by atoms with Gasteiger partial charge in [-0.05, 0) is 66.3 Å². The van der Waals surface area contributed by atoms with E-state index in [2.05, 4.69) is 10.6 Å².